The molecule has 33 heavy (non-hydrogen) atoms. The zero-order valence-corrected chi connectivity index (χ0v) is 17.6. The summed E-state index contributed by atoms with van der Waals surface area (Å²) in [5.41, 5.74) is 0.741. The first-order chi connectivity index (χ1) is 15.9. The number of hydrogen-bond donors (Lipinski definition) is 1. The van der Waals surface area contributed by atoms with Crippen molar-refractivity contribution in [2.75, 3.05) is 0 Å². The molecule has 4 aromatic rings. The Balaban J connectivity index is 1.77. The van der Waals surface area contributed by atoms with Gasteiger partial charge in [-0.25, -0.2) is 4.68 Å². The van der Waals surface area contributed by atoms with E-state index in [1.165, 1.54) is 40.0 Å². The topological polar surface area (TPSA) is 140 Å². The van der Waals surface area contributed by atoms with E-state index in [0.717, 1.165) is 5.56 Å². The Hall–Kier alpha value is -4.67. The Labute approximate surface area is 187 Å². The summed E-state index contributed by atoms with van der Waals surface area (Å²) in [6.45, 7) is 1.88. The van der Waals surface area contributed by atoms with E-state index in [1.54, 1.807) is 13.0 Å². The Morgan fingerprint density at radius 3 is 2.55 bits per heavy atom. The van der Waals surface area contributed by atoms with Crippen molar-refractivity contribution in [3.8, 4) is 5.69 Å². The van der Waals surface area contributed by atoms with Crippen molar-refractivity contribution in [3.05, 3.63) is 110 Å². The number of carbonyl (C=O) groups excluding carboxylic acids is 1. The number of amides is 1. The van der Waals surface area contributed by atoms with Crippen molar-refractivity contribution >= 4 is 11.6 Å². The number of aromatic amines is 1. The van der Waals surface area contributed by atoms with Gasteiger partial charge in [0.25, 0.3) is 11.6 Å². The lowest BCUT2D eigenvalue weighted by Gasteiger charge is -2.22. The van der Waals surface area contributed by atoms with E-state index in [9.17, 15) is 19.7 Å². The fraction of sp³-hybridized carbons (Fsp3) is 0.136. The van der Waals surface area contributed by atoms with Crippen LogP contribution < -0.4 is 5.43 Å². The summed E-state index contributed by atoms with van der Waals surface area (Å²) in [6.07, 6.45) is 1.49. The smallest absolute Gasteiger partial charge is 0.294 e. The van der Waals surface area contributed by atoms with Crippen LogP contribution in [0.15, 0.2) is 71.7 Å². The zero-order chi connectivity index (χ0) is 23.4. The summed E-state index contributed by atoms with van der Waals surface area (Å²) in [5, 5.41) is 26.0. The molecule has 0 saturated carbocycles. The van der Waals surface area contributed by atoms with Crippen molar-refractivity contribution < 1.29 is 9.72 Å². The molecule has 0 radical (unpaired) electrons. The molecule has 11 nitrogen and oxygen atoms in total. The maximum absolute atomic E-state index is 13.5. The number of para-hydroxylation sites is 2. The summed E-state index contributed by atoms with van der Waals surface area (Å²) >= 11 is 0. The summed E-state index contributed by atoms with van der Waals surface area (Å²) in [4.78, 5) is 38.6. The summed E-state index contributed by atoms with van der Waals surface area (Å²) in [5.74, 6) is -0.626. The molecule has 0 unspecified atom stereocenters. The van der Waals surface area contributed by atoms with Gasteiger partial charge in [-0.1, -0.05) is 42.5 Å². The number of nitro groups is 1. The van der Waals surface area contributed by atoms with Crippen LogP contribution in [0, 0.1) is 17.0 Å². The molecule has 0 bridgehead atoms. The molecular formula is C22H19N7O4. The molecule has 0 spiro atoms. The maximum Gasteiger partial charge on any atom is 0.294 e. The van der Waals surface area contributed by atoms with Crippen LogP contribution in [0.2, 0.25) is 0 Å². The second kappa shape index (κ2) is 9.22. The van der Waals surface area contributed by atoms with Gasteiger partial charge in [0.05, 0.1) is 17.7 Å². The molecule has 166 valence electrons. The minimum atomic E-state index is -0.626. The molecule has 2 aromatic heterocycles. The third-order valence-electron chi connectivity index (χ3n) is 4.94. The predicted molar refractivity (Wildman–Crippen MR) is 118 cm³/mol. The van der Waals surface area contributed by atoms with Gasteiger partial charge in [0.2, 0.25) is 5.43 Å². The van der Waals surface area contributed by atoms with E-state index in [-0.39, 0.29) is 30.2 Å². The molecule has 0 aliphatic rings. The second-order valence-electron chi connectivity index (χ2n) is 7.26. The monoisotopic (exact) mass is 445 g/mol. The van der Waals surface area contributed by atoms with Gasteiger partial charge in [-0.15, -0.1) is 0 Å². The highest BCUT2D eigenvalue weighted by molar-refractivity contribution is 5.92. The summed E-state index contributed by atoms with van der Waals surface area (Å²) in [7, 11) is 0. The van der Waals surface area contributed by atoms with E-state index in [2.05, 4.69) is 20.5 Å². The Morgan fingerprint density at radius 2 is 1.85 bits per heavy atom. The third kappa shape index (κ3) is 4.66. The number of rotatable bonds is 7. The van der Waals surface area contributed by atoms with Crippen LogP contribution in [-0.4, -0.2) is 40.9 Å². The van der Waals surface area contributed by atoms with E-state index >= 15 is 0 Å². The van der Waals surface area contributed by atoms with E-state index in [4.69, 9.17) is 0 Å². The maximum atomic E-state index is 13.5. The number of hydrogen-bond acceptors (Lipinski definition) is 7. The fourth-order valence-electron chi connectivity index (χ4n) is 3.39. The van der Waals surface area contributed by atoms with Crippen LogP contribution in [-0.2, 0) is 13.1 Å². The minimum absolute atomic E-state index is 0.0880. The van der Waals surface area contributed by atoms with Gasteiger partial charge in [-0.2, -0.15) is 20.5 Å². The van der Waals surface area contributed by atoms with Crippen molar-refractivity contribution in [2.24, 2.45) is 0 Å². The highest BCUT2D eigenvalue weighted by Crippen LogP contribution is 2.22. The Bertz CT molecular complexity index is 1350. The Morgan fingerprint density at radius 1 is 1.12 bits per heavy atom. The number of nitro benzene ring substituents is 1. The number of aromatic nitrogens is 5. The van der Waals surface area contributed by atoms with E-state index < -0.39 is 16.3 Å². The first kappa shape index (κ1) is 21.6. The first-order valence-electron chi connectivity index (χ1n) is 9.96. The van der Waals surface area contributed by atoms with Crippen LogP contribution in [0.3, 0.4) is 0 Å². The standard InChI is InChI=1S/C22H19N7O4/c1-15-11-20(30)21(25-28(15)18-9-5-6-10-19(18)29(32)33)22(31)27(14-17-12-23-26-24-17)13-16-7-3-2-4-8-16/h2-12H,13-14H2,1H3,(H,23,24,26). The van der Waals surface area contributed by atoms with E-state index in [0.29, 0.717) is 11.4 Å². The molecule has 0 atom stereocenters. The minimum Gasteiger partial charge on any atom is -0.327 e. The molecule has 0 saturated heterocycles. The lowest BCUT2D eigenvalue weighted by molar-refractivity contribution is -0.384. The van der Waals surface area contributed by atoms with Crippen molar-refractivity contribution in [1.82, 2.24) is 30.1 Å². The molecule has 0 fully saturated rings. The van der Waals surface area contributed by atoms with Gasteiger partial charge in [0, 0.05) is 24.4 Å². The van der Waals surface area contributed by atoms with Gasteiger partial charge in [0.15, 0.2) is 5.69 Å². The van der Waals surface area contributed by atoms with Crippen molar-refractivity contribution in [3.63, 3.8) is 0 Å². The number of nitrogens with one attached hydrogen (secondary N) is 1. The number of aryl methyl sites for hydroxylation is 1. The fourth-order valence-corrected chi connectivity index (χ4v) is 3.39. The van der Waals surface area contributed by atoms with Crippen LogP contribution in [0.5, 0.6) is 0 Å². The summed E-state index contributed by atoms with van der Waals surface area (Å²) < 4.78 is 1.24. The molecule has 1 amide bonds. The highest BCUT2D eigenvalue weighted by Gasteiger charge is 2.25. The van der Waals surface area contributed by atoms with Crippen molar-refractivity contribution in [1.29, 1.82) is 0 Å². The van der Waals surface area contributed by atoms with Gasteiger partial charge >= 0.3 is 0 Å². The highest BCUT2D eigenvalue weighted by atomic mass is 16.6. The van der Waals surface area contributed by atoms with Crippen LogP contribution in [0.25, 0.3) is 5.69 Å². The number of carbonyl (C=O) groups is 1. The zero-order valence-electron chi connectivity index (χ0n) is 17.6. The SMILES string of the molecule is Cc1cc(=O)c(C(=O)N(Cc2ccccc2)Cc2cn[nH]n2)nn1-c1ccccc1[N+](=O)[O-]. The van der Waals surface area contributed by atoms with Crippen molar-refractivity contribution in [2.45, 2.75) is 20.0 Å². The molecule has 11 heteroatoms. The average Bonchev–Trinajstić information content (AvgIpc) is 3.32. The molecular weight excluding hydrogens is 426 g/mol. The lowest BCUT2D eigenvalue weighted by Crippen LogP contribution is -2.35. The van der Waals surface area contributed by atoms with Gasteiger partial charge < -0.3 is 4.90 Å². The number of H-pyrrole nitrogens is 1. The molecule has 2 heterocycles. The lowest BCUT2D eigenvalue weighted by atomic mass is 10.2. The van der Waals surface area contributed by atoms with Gasteiger partial charge in [-0.05, 0) is 18.6 Å². The second-order valence-corrected chi connectivity index (χ2v) is 7.26. The molecule has 2 aromatic carbocycles. The quantitative estimate of drug-likeness (QED) is 0.340. The molecule has 1 N–H and O–H groups in total. The Kier molecular flexibility index (Phi) is 6.02. The number of nitrogens with zero attached hydrogens (tertiary/aromatic N) is 6. The van der Waals surface area contributed by atoms with Gasteiger partial charge in [-0.3, -0.25) is 19.7 Å². The normalized spacial score (nSPS) is 10.7. The van der Waals surface area contributed by atoms with E-state index in [1.807, 2.05) is 30.3 Å². The first-order valence-corrected chi connectivity index (χ1v) is 9.96. The van der Waals surface area contributed by atoms with Gasteiger partial charge in [0.1, 0.15) is 11.4 Å². The third-order valence-corrected chi connectivity index (χ3v) is 4.94. The van der Waals surface area contributed by atoms with Crippen LogP contribution in [0.4, 0.5) is 5.69 Å². The largest absolute Gasteiger partial charge is 0.327 e. The van der Waals surface area contributed by atoms with Crippen LogP contribution >= 0.6 is 0 Å². The average molecular weight is 445 g/mol. The van der Waals surface area contributed by atoms with Crippen LogP contribution in [0.1, 0.15) is 27.4 Å². The summed E-state index contributed by atoms with van der Waals surface area (Å²) in [6, 6.07) is 16.5. The predicted octanol–water partition coefficient (Wildman–Crippen LogP) is 2.41. The molecule has 0 aliphatic heterocycles. The number of benzene rings is 2. The molecule has 0 aliphatic carbocycles. The molecule has 4 rings (SSSR count).